The van der Waals surface area contributed by atoms with Crippen LogP contribution in [0.3, 0.4) is 0 Å². The van der Waals surface area contributed by atoms with Gasteiger partial charge >= 0.3 is 5.51 Å². The van der Waals surface area contributed by atoms with E-state index >= 15 is 0 Å². The van der Waals surface area contributed by atoms with Crippen LogP contribution in [0.25, 0.3) is 0 Å². The molecule has 4 nitrogen and oxygen atoms in total. The number of primary amides is 1. The van der Waals surface area contributed by atoms with Crippen LogP contribution < -0.4 is 5.73 Å². The fraction of sp³-hybridized carbons (Fsp3) is 0.300. The zero-order valence-corrected chi connectivity index (χ0v) is 9.70. The average molecular weight is 281 g/mol. The lowest BCUT2D eigenvalue weighted by molar-refractivity contribution is -0.131. The van der Waals surface area contributed by atoms with E-state index < -0.39 is 23.6 Å². The molecule has 1 amide bonds. The predicted molar refractivity (Wildman–Crippen MR) is 58.5 cm³/mol. The van der Waals surface area contributed by atoms with Crippen molar-refractivity contribution < 1.29 is 28.2 Å². The van der Waals surface area contributed by atoms with E-state index in [1.165, 1.54) is 12.1 Å². The standard InChI is InChI=1S/C10H10F3NO3S/c11-10(12,13)18-6-3-1-5(2-4-6)7(15)8(16)9(14)17/h1-4,7-8,15-16H,(H2,14,17). The molecule has 0 aliphatic rings. The number of nitrogens with two attached hydrogens (primary N) is 1. The van der Waals surface area contributed by atoms with Crippen molar-refractivity contribution in [3.05, 3.63) is 29.8 Å². The summed E-state index contributed by atoms with van der Waals surface area (Å²) < 4.78 is 36.1. The van der Waals surface area contributed by atoms with Gasteiger partial charge in [-0.1, -0.05) is 12.1 Å². The summed E-state index contributed by atoms with van der Waals surface area (Å²) in [5, 5.41) is 18.7. The van der Waals surface area contributed by atoms with Gasteiger partial charge in [0.25, 0.3) is 0 Å². The third-order valence-corrected chi connectivity index (χ3v) is 2.79. The average Bonchev–Trinajstić information content (AvgIpc) is 2.26. The molecule has 1 rings (SSSR count). The molecular weight excluding hydrogens is 271 g/mol. The Hall–Kier alpha value is -1.25. The lowest BCUT2D eigenvalue weighted by atomic mass is 10.0. The summed E-state index contributed by atoms with van der Waals surface area (Å²) in [5.41, 5.74) is 0.494. The van der Waals surface area contributed by atoms with Crippen molar-refractivity contribution in [1.82, 2.24) is 0 Å². The fourth-order valence-electron chi connectivity index (χ4n) is 1.20. The molecule has 0 aliphatic heterocycles. The number of hydrogen-bond acceptors (Lipinski definition) is 4. The number of hydrogen-bond donors (Lipinski definition) is 3. The number of carbonyl (C=O) groups is 1. The van der Waals surface area contributed by atoms with E-state index in [2.05, 4.69) is 0 Å². The first-order valence-electron chi connectivity index (χ1n) is 4.72. The molecule has 0 saturated heterocycles. The molecule has 0 heterocycles. The summed E-state index contributed by atoms with van der Waals surface area (Å²) >= 11 is -0.300. The van der Waals surface area contributed by atoms with Gasteiger partial charge < -0.3 is 15.9 Å². The Balaban J connectivity index is 2.80. The van der Waals surface area contributed by atoms with Crippen molar-refractivity contribution in [3.8, 4) is 0 Å². The number of carbonyl (C=O) groups excluding carboxylic acids is 1. The van der Waals surface area contributed by atoms with Crippen molar-refractivity contribution in [2.45, 2.75) is 22.6 Å². The molecule has 100 valence electrons. The highest BCUT2D eigenvalue weighted by atomic mass is 32.2. The maximum Gasteiger partial charge on any atom is 0.446 e. The van der Waals surface area contributed by atoms with Gasteiger partial charge in [-0.3, -0.25) is 4.79 Å². The third-order valence-electron chi connectivity index (χ3n) is 2.05. The Morgan fingerprint density at radius 3 is 2.11 bits per heavy atom. The third kappa shape index (κ3) is 4.21. The van der Waals surface area contributed by atoms with E-state index in [0.717, 1.165) is 12.1 Å². The Kier molecular flexibility index (Phi) is 4.60. The number of aliphatic hydroxyl groups excluding tert-OH is 2. The van der Waals surface area contributed by atoms with Crippen molar-refractivity contribution in [2.75, 3.05) is 0 Å². The molecule has 0 aliphatic carbocycles. The molecule has 1 aromatic carbocycles. The van der Waals surface area contributed by atoms with E-state index in [9.17, 15) is 28.2 Å². The van der Waals surface area contributed by atoms with Gasteiger partial charge in [0.15, 0.2) is 6.10 Å². The number of rotatable bonds is 4. The van der Waals surface area contributed by atoms with Crippen LogP contribution in [0.2, 0.25) is 0 Å². The Morgan fingerprint density at radius 2 is 1.72 bits per heavy atom. The molecule has 8 heteroatoms. The normalized spacial score (nSPS) is 15.2. The molecule has 0 bridgehead atoms. The lowest BCUT2D eigenvalue weighted by Gasteiger charge is -2.15. The lowest BCUT2D eigenvalue weighted by Crippen LogP contribution is -2.33. The van der Waals surface area contributed by atoms with Gasteiger partial charge in [-0.25, -0.2) is 0 Å². The molecule has 1 aromatic rings. The number of amides is 1. The molecular formula is C10H10F3NO3S. The van der Waals surface area contributed by atoms with E-state index in [1.54, 1.807) is 0 Å². The molecule has 0 radical (unpaired) electrons. The second-order valence-corrected chi connectivity index (χ2v) is 4.55. The van der Waals surface area contributed by atoms with Crippen LogP contribution >= 0.6 is 11.8 Å². The van der Waals surface area contributed by atoms with Crippen molar-refractivity contribution in [2.24, 2.45) is 5.73 Å². The maximum atomic E-state index is 12.0. The van der Waals surface area contributed by atoms with Crippen LogP contribution in [0.5, 0.6) is 0 Å². The van der Waals surface area contributed by atoms with Gasteiger partial charge in [0.2, 0.25) is 5.91 Å². The Labute approximate surface area is 105 Å². The quantitative estimate of drug-likeness (QED) is 0.724. The maximum absolute atomic E-state index is 12.0. The summed E-state index contributed by atoms with van der Waals surface area (Å²) in [6.45, 7) is 0. The molecule has 0 saturated carbocycles. The van der Waals surface area contributed by atoms with Crippen molar-refractivity contribution in [3.63, 3.8) is 0 Å². The Morgan fingerprint density at radius 1 is 1.22 bits per heavy atom. The van der Waals surface area contributed by atoms with Crippen molar-refractivity contribution in [1.29, 1.82) is 0 Å². The topological polar surface area (TPSA) is 83.6 Å². The summed E-state index contributed by atoms with van der Waals surface area (Å²) in [6.07, 6.45) is -3.36. The fourth-order valence-corrected chi connectivity index (χ4v) is 1.74. The van der Waals surface area contributed by atoms with Gasteiger partial charge in [0, 0.05) is 4.90 Å². The van der Waals surface area contributed by atoms with Crippen LogP contribution in [0.15, 0.2) is 29.2 Å². The zero-order chi connectivity index (χ0) is 13.9. The van der Waals surface area contributed by atoms with Crippen LogP contribution in [0.1, 0.15) is 11.7 Å². The van der Waals surface area contributed by atoms with Crippen LogP contribution in [0.4, 0.5) is 13.2 Å². The summed E-state index contributed by atoms with van der Waals surface area (Å²) in [5.74, 6) is -1.11. The van der Waals surface area contributed by atoms with Crippen LogP contribution in [-0.4, -0.2) is 27.7 Å². The molecule has 0 spiro atoms. The molecule has 2 atom stereocenters. The second kappa shape index (κ2) is 5.59. The smallest absolute Gasteiger partial charge is 0.385 e. The SMILES string of the molecule is NC(=O)C(O)C(O)c1ccc(SC(F)(F)F)cc1. The Bertz CT molecular complexity index is 421. The minimum atomic E-state index is -4.40. The zero-order valence-electron chi connectivity index (χ0n) is 8.89. The van der Waals surface area contributed by atoms with Gasteiger partial charge in [-0.15, -0.1) is 0 Å². The first-order chi connectivity index (χ1) is 8.20. The molecule has 0 aromatic heterocycles. The van der Waals surface area contributed by atoms with Crippen LogP contribution in [0, 0.1) is 0 Å². The minimum absolute atomic E-state index is 0.0629. The highest BCUT2D eigenvalue weighted by molar-refractivity contribution is 8.00. The van der Waals surface area contributed by atoms with Crippen molar-refractivity contribution >= 4 is 17.7 Å². The van der Waals surface area contributed by atoms with E-state index in [4.69, 9.17) is 5.73 Å². The highest BCUT2D eigenvalue weighted by Crippen LogP contribution is 2.37. The van der Waals surface area contributed by atoms with E-state index in [0.29, 0.717) is 0 Å². The summed E-state index contributed by atoms with van der Waals surface area (Å²) in [7, 11) is 0. The summed E-state index contributed by atoms with van der Waals surface area (Å²) in [6, 6.07) is 4.63. The van der Waals surface area contributed by atoms with E-state index in [1.807, 2.05) is 0 Å². The number of benzene rings is 1. The van der Waals surface area contributed by atoms with E-state index in [-0.39, 0.29) is 22.2 Å². The van der Waals surface area contributed by atoms with Gasteiger partial charge in [0.05, 0.1) is 0 Å². The number of thioether (sulfide) groups is 1. The molecule has 2 unspecified atom stereocenters. The number of aliphatic hydroxyl groups is 2. The minimum Gasteiger partial charge on any atom is -0.385 e. The first-order valence-corrected chi connectivity index (χ1v) is 5.53. The molecule has 18 heavy (non-hydrogen) atoms. The molecule has 0 fully saturated rings. The first kappa shape index (κ1) is 14.8. The summed E-state index contributed by atoms with van der Waals surface area (Å²) in [4.78, 5) is 10.6. The largest absolute Gasteiger partial charge is 0.446 e. The highest BCUT2D eigenvalue weighted by Gasteiger charge is 2.29. The van der Waals surface area contributed by atoms with Gasteiger partial charge in [0.1, 0.15) is 6.10 Å². The molecule has 4 N–H and O–H groups in total. The second-order valence-electron chi connectivity index (χ2n) is 3.41. The monoisotopic (exact) mass is 281 g/mol. The van der Waals surface area contributed by atoms with Gasteiger partial charge in [-0.05, 0) is 29.5 Å². The van der Waals surface area contributed by atoms with Crippen LogP contribution in [-0.2, 0) is 4.79 Å². The van der Waals surface area contributed by atoms with Gasteiger partial charge in [-0.2, -0.15) is 13.2 Å². The number of halogens is 3. The number of alkyl halides is 3. The predicted octanol–water partition coefficient (Wildman–Crippen LogP) is 1.18.